The van der Waals surface area contributed by atoms with Crippen LogP contribution in [-0.2, 0) is 4.74 Å². The molecule has 0 radical (unpaired) electrons. The summed E-state index contributed by atoms with van der Waals surface area (Å²) in [4.78, 5) is 0. The molecule has 0 aromatic rings. The summed E-state index contributed by atoms with van der Waals surface area (Å²) in [6.45, 7) is 8.81. The van der Waals surface area contributed by atoms with Gasteiger partial charge in [-0.2, -0.15) is 0 Å². The normalized spacial score (nSPS) is 19.0. The maximum absolute atomic E-state index is 5.88. The highest BCUT2D eigenvalue weighted by Gasteiger charge is 2.12. The van der Waals surface area contributed by atoms with Crippen LogP contribution in [0.1, 0.15) is 58.8 Å². The fourth-order valence-corrected chi connectivity index (χ4v) is 2.44. The second-order valence-corrected chi connectivity index (χ2v) is 5.52. The van der Waals surface area contributed by atoms with Crippen LogP contribution >= 0.6 is 0 Å². The Labute approximate surface area is 113 Å². The summed E-state index contributed by atoms with van der Waals surface area (Å²) >= 11 is 0. The van der Waals surface area contributed by atoms with Gasteiger partial charge in [0.2, 0.25) is 0 Å². The summed E-state index contributed by atoms with van der Waals surface area (Å²) in [5, 5.41) is 6.95. The van der Waals surface area contributed by atoms with Gasteiger partial charge in [0, 0.05) is 12.6 Å². The lowest BCUT2D eigenvalue weighted by molar-refractivity contribution is 0.0316. The van der Waals surface area contributed by atoms with Crippen molar-refractivity contribution in [1.29, 1.82) is 0 Å². The van der Waals surface area contributed by atoms with Crippen LogP contribution in [-0.4, -0.2) is 38.4 Å². The van der Waals surface area contributed by atoms with Crippen LogP contribution in [0.5, 0.6) is 0 Å². The minimum Gasteiger partial charge on any atom is -0.378 e. The number of ether oxygens (including phenoxy) is 1. The van der Waals surface area contributed by atoms with Crippen molar-refractivity contribution in [3.63, 3.8) is 0 Å². The van der Waals surface area contributed by atoms with Crippen molar-refractivity contribution < 1.29 is 4.74 Å². The van der Waals surface area contributed by atoms with Gasteiger partial charge in [0.1, 0.15) is 0 Å². The second kappa shape index (κ2) is 10.8. The summed E-state index contributed by atoms with van der Waals surface area (Å²) < 4.78 is 5.88. The van der Waals surface area contributed by atoms with E-state index in [2.05, 4.69) is 24.5 Å². The number of piperidine rings is 1. The van der Waals surface area contributed by atoms with Gasteiger partial charge in [0.05, 0.1) is 6.10 Å². The van der Waals surface area contributed by atoms with Gasteiger partial charge in [0.25, 0.3) is 0 Å². The molecule has 0 spiro atoms. The average molecular weight is 256 g/mol. The van der Waals surface area contributed by atoms with Gasteiger partial charge in [-0.05, 0) is 52.2 Å². The van der Waals surface area contributed by atoms with E-state index < -0.39 is 0 Å². The van der Waals surface area contributed by atoms with E-state index in [1.165, 1.54) is 38.5 Å². The Morgan fingerprint density at radius 2 is 2.00 bits per heavy atom. The quantitative estimate of drug-likeness (QED) is 0.590. The summed E-state index contributed by atoms with van der Waals surface area (Å²) in [7, 11) is 0. The van der Waals surface area contributed by atoms with Crippen LogP contribution in [0.2, 0.25) is 0 Å². The largest absolute Gasteiger partial charge is 0.378 e. The zero-order valence-corrected chi connectivity index (χ0v) is 12.3. The summed E-state index contributed by atoms with van der Waals surface area (Å²) in [5.41, 5.74) is 0. The fraction of sp³-hybridized carbons (Fsp3) is 1.00. The molecule has 108 valence electrons. The molecule has 0 aliphatic carbocycles. The lowest BCUT2D eigenvalue weighted by Crippen LogP contribution is -2.33. The van der Waals surface area contributed by atoms with E-state index in [4.69, 9.17) is 4.74 Å². The molecule has 1 fully saturated rings. The number of hydrogen-bond acceptors (Lipinski definition) is 3. The monoisotopic (exact) mass is 256 g/mol. The Morgan fingerprint density at radius 3 is 2.72 bits per heavy atom. The molecular formula is C15H32N2O. The molecule has 2 N–H and O–H groups in total. The molecular weight excluding hydrogens is 224 g/mol. The molecule has 1 saturated heterocycles. The molecule has 3 heteroatoms. The van der Waals surface area contributed by atoms with Crippen molar-refractivity contribution in [3.8, 4) is 0 Å². The molecule has 1 unspecified atom stereocenters. The molecule has 1 rings (SSSR count). The molecule has 0 aromatic heterocycles. The van der Waals surface area contributed by atoms with Crippen LogP contribution in [0.15, 0.2) is 0 Å². The molecule has 0 bridgehead atoms. The molecule has 1 aliphatic rings. The van der Waals surface area contributed by atoms with E-state index in [1.807, 2.05) is 0 Å². The number of unbranched alkanes of at least 4 members (excludes halogenated alkanes) is 2. The van der Waals surface area contributed by atoms with E-state index in [-0.39, 0.29) is 0 Å². The molecule has 0 amide bonds. The lowest BCUT2D eigenvalue weighted by Gasteiger charge is -2.23. The van der Waals surface area contributed by atoms with Crippen LogP contribution in [0, 0.1) is 0 Å². The molecule has 1 heterocycles. The minimum atomic E-state index is 0.508. The first-order chi connectivity index (χ1) is 8.83. The smallest absolute Gasteiger partial charge is 0.0599 e. The molecule has 0 saturated carbocycles. The van der Waals surface area contributed by atoms with Crippen molar-refractivity contribution in [3.05, 3.63) is 0 Å². The molecule has 1 atom stereocenters. The van der Waals surface area contributed by atoms with Gasteiger partial charge in [-0.15, -0.1) is 0 Å². The number of hydrogen-bond donors (Lipinski definition) is 2. The Kier molecular flexibility index (Phi) is 9.54. The topological polar surface area (TPSA) is 33.3 Å². The summed E-state index contributed by atoms with van der Waals surface area (Å²) in [6, 6.07) is 0.662. The standard InChI is InChI=1S/C15H32N2O/c1-3-4-5-7-14(2)17-10-6-13-18-15-8-11-16-12-9-15/h14-17H,3-13H2,1-2H3. The lowest BCUT2D eigenvalue weighted by atomic mass is 10.1. The van der Waals surface area contributed by atoms with Crippen LogP contribution < -0.4 is 10.6 Å². The van der Waals surface area contributed by atoms with Crippen molar-refractivity contribution in [2.24, 2.45) is 0 Å². The Bertz CT molecular complexity index is 181. The highest BCUT2D eigenvalue weighted by Crippen LogP contribution is 2.07. The van der Waals surface area contributed by atoms with Crippen LogP contribution in [0.25, 0.3) is 0 Å². The van der Waals surface area contributed by atoms with E-state index in [0.29, 0.717) is 12.1 Å². The highest BCUT2D eigenvalue weighted by molar-refractivity contribution is 4.68. The third-order valence-electron chi connectivity index (χ3n) is 3.69. The first-order valence-corrected chi connectivity index (χ1v) is 7.88. The van der Waals surface area contributed by atoms with Gasteiger partial charge < -0.3 is 15.4 Å². The SMILES string of the molecule is CCCCCC(C)NCCCOC1CCNCC1. The van der Waals surface area contributed by atoms with Crippen molar-refractivity contribution in [2.45, 2.75) is 70.9 Å². The van der Waals surface area contributed by atoms with Gasteiger partial charge >= 0.3 is 0 Å². The summed E-state index contributed by atoms with van der Waals surface area (Å²) in [6.07, 6.45) is 9.36. The third-order valence-corrected chi connectivity index (χ3v) is 3.69. The van der Waals surface area contributed by atoms with E-state index >= 15 is 0 Å². The Morgan fingerprint density at radius 1 is 1.22 bits per heavy atom. The van der Waals surface area contributed by atoms with Gasteiger partial charge in [-0.1, -0.05) is 26.2 Å². The highest BCUT2D eigenvalue weighted by atomic mass is 16.5. The zero-order chi connectivity index (χ0) is 13.1. The molecule has 3 nitrogen and oxygen atoms in total. The second-order valence-electron chi connectivity index (χ2n) is 5.52. The van der Waals surface area contributed by atoms with Crippen molar-refractivity contribution >= 4 is 0 Å². The van der Waals surface area contributed by atoms with Crippen LogP contribution in [0.3, 0.4) is 0 Å². The third kappa shape index (κ3) is 8.06. The number of nitrogens with one attached hydrogen (secondary N) is 2. The maximum atomic E-state index is 5.88. The number of rotatable bonds is 10. The van der Waals surface area contributed by atoms with E-state index in [0.717, 1.165) is 32.7 Å². The van der Waals surface area contributed by atoms with Gasteiger partial charge in [-0.25, -0.2) is 0 Å². The van der Waals surface area contributed by atoms with E-state index in [1.54, 1.807) is 0 Å². The Hall–Kier alpha value is -0.120. The predicted molar refractivity (Wildman–Crippen MR) is 78.1 cm³/mol. The first-order valence-electron chi connectivity index (χ1n) is 7.88. The molecule has 0 aromatic carbocycles. The average Bonchev–Trinajstić information content (AvgIpc) is 2.40. The Balaban J connectivity index is 1.85. The first kappa shape index (κ1) is 15.9. The molecule has 18 heavy (non-hydrogen) atoms. The van der Waals surface area contributed by atoms with Gasteiger partial charge in [0.15, 0.2) is 0 Å². The van der Waals surface area contributed by atoms with Crippen molar-refractivity contribution in [1.82, 2.24) is 10.6 Å². The van der Waals surface area contributed by atoms with E-state index in [9.17, 15) is 0 Å². The molecule has 1 aliphatic heterocycles. The van der Waals surface area contributed by atoms with Crippen molar-refractivity contribution in [2.75, 3.05) is 26.2 Å². The minimum absolute atomic E-state index is 0.508. The van der Waals surface area contributed by atoms with Gasteiger partial charge in [-0.3, -0.25) is 0 Å². The fourth-order valence-electron chi connectivity index (χ4n) is 2.44. The summed E-state index contributed by atoms with van der Waals surface area (Å²) in [5.74, 6) is 0. The maximum Gasteiger partial charge on any atom is 0.0599 e. The zero-order valence-electron chi connectivity index (χ0n) is 12.3. The predicted octanol–water partition coefficient (Wildman–Crippen LogP) is 2.70. The van der Waals surface area contributed by atoms with Crippen LogP contribution in [0.4, 0.5) is 0 Å².